The molecule has 0 amide bonds. The van der Waals surface area contributed by atoms with Crippen LogP contribution in [-0.4, -0.2) is 11.6 Å². The number of anilines is 1. The van der Waals surface area contributed by atoms with Crippen molar-refractivity contribution in [3.05, 3.63) is 40.9 Å². The highest BCUT2D eigenvalue weighted by Gasteiger charge is 2.22. The van der Waals surface area contributed by atoms with Gasteiger partial charge in [-0.3, -0.25) is 0 Å². The van der Waals surface area contributed by atoms with Crippen LogP contribution in [0.25, 0.3) is 0 Å². The molecule has 1 aliphatic carbocycles. The molecule has 0 aliphatic heterocycles. The van der Waals surface area contributed by atoms with Gasteiger partial charge in [0.1, 0.15) is 5.75 Å². The Morgan fingerprint density at radius 3 is 2.75 bits per heavy atom. The SMILES string of the molecule is Nc1ccc(Oc2ccccc2Br)nc1OCC1CC1. The van der Waals surface area contributed by atoms with Gasteiger partial charge < -0.3 is 15.2 Å². The Balaban J connectivity index is 1.75. The van der Waals surface area contributed by atoms with Crippen molar-refractivity contribution in [1.82, 2.24) is 4.98 Å². The Morgan fingerprint density at radius 1 is 1.20 bits per heavy atom. The summed E-state index contributed by atoms with van der Waals surface area (Å²) in [7, 11) is 0. The van der Waals surface area contributed by atoms with E-state index in [0.717, 1.165) is 4.47 Å². The predicted octanol–water partition coefficient (Wildman–Crippen LogP) is 4.01. The van der Waals surface area contributed by atoms with E-state index in [1.807, 2.05) is 24.3 Å². The van der Waals surface area contributed by atoms with Crippen LogP contribution in [-0.2, 0) is 0 Å². The van der Waals surface area contributed by atoms with Gasteiger partial charge in [-0.05, 0) is 52.9 Å². The van der Waals surface area contributed by atoms with Gasteiger partial charge in [0.05, 0.1) is 16.8 Å². The monoisotopic (exact) mass is 334 g/mol. The molecule has 0 radical (unpaired) electrons. The summed E-state index contributed by atoms with van der Waals surface area (Å²) < 4.78 is 12.2. The lowest BCUT2D eigenvalue weighted by Gasteiger charge is -2.10. The van der Waals surface area contributed by atoms with Crippen molar-refractivity contribution in [2.45, 2.75) is 12.8 Å². The number of ether oxygens (including phenoxy) is 2. The van der Waals surface area contributed by atoms with Crippen molar-refractivity contribution >= 4 is 21.6 Å². The third-order valence-electron chi connectivity index (χ3n) is 3.07. The molecular weight excluding hydrogens is 320 g/mol. The zero-order valence-corrected chi connectivity index (χ0v) is 12.5. The van der Waals surface area contributed by atoms with Gasteiger partial charge in [0.25, 0.3) is 0 Å². The van der Waals surface area contributed by atoms with Gasteiger partial charge in [0, 0.05) is 6.07 Å². The second-order valence-corrected chi connectivity index (χ2v) is 5.69. The van der Waals surface area contributed by atoms with Crippen LogP contribution in [0.2, 0.25) is 0 Å². The third-order valence-corrected chi connectivity index (χ3v) is 3.72. The van der Waals surface area contributed by atoms with Crippen LogP contribution < -0.4 is 15.2 Å². The van der Waals surface area contributed by atoms with E-state index in [2.05, 4.69) is 20.9 Å². The van der Waals surface area contributed by atoms with Crippen LogP contribution in [0, 0.1) is 5.92 Å². The molecule has 104 valence electrons. The van der Waals surface area contributed by atoms with Crippen LogP contribution >= 0.6 is 15.9 Å². The summed E-state index contributed by atoms with van der Waals surface area (Å²) in [6.07, 6.45) is 2.46. The molecule has 2 aromatic rings. The van der Waals surface area contributed by atoms with E-state index in [1.165, 1.54) is 12.8 Å². The van der Waals surface area contributed by atoms with Gasteiger partial charge >= 0.3 is 0 Å². The third kappa shape index (κ3) is 3.22. The number of nitrogens with zero attached hydrogens (tertiary/aromatic N) is 1. The standard InChI is InChI=1S/C15H15BrN2O2/c16-11-3-1-2-4-13(11)20-14-8-7-12(17)15(18-14)19-9-10-5-6-10/h1-4,7-8,10H,5-6,9,17H2. The molecule has 3 rings (SSSR count). The summed E-state index contributed by atoms with van der Waals surface area (Å²) in [5, 5.41) is 0. The summed E-state index contributed by atoms with van der Waals surface area (Å²) in [6.45, 7) is 0.676. The molecule has 1 fully saturated rings. The minimum atomic E-state index is 0.446. The van der Waals surface area contributed by atoms with Crippen LogP contribution in [0.15, 0.2) is 40.9 Å². The average molecular weight is 335 g/mol. The smallest absolute Gasteiger partial charge is 0.240 e. The highest BCUT2D eigenvalue weighted by molar-refractivity contribution is 9.10. The Hall–Kier alpha value is -1.75. The van der Waals surface area contributed by atoms with Gasteiger partial charge in [-0.15, -0.1) is 0 Å². The Kier molecular flexibility index (Phi) is 3.78. The van der Waals surface area contributed by atoms with Crippen molar-refractivity contribution in [2.24, 2.45) is 5.92 Å². The lowest BCUT2D eigenvalue weighted by atomic mass is 10.3. The maximum atomic E-state index is 5.87. The average Bonchev–Trinajstić information content (AvgIpc) is 3.26. The molecular formula is C15H15BrN2O2. The summed E-state index contributed by atoms with van der Waals surface area (Å²) >= 11 is 3.44. The molecule has 20 heavy (non-hydrogen) atoms. The molecule has 0 atom stereocenters. The molecule has 1 heterocycles. The molecule has 2 N–H and O–H groups in total. The number of halogens is 1. The topological polar surface area (TPSA) is 57.4 Å². The number of hydrogen-bond donors (Lipinski definition) is 1. The molecule has 1 saturated carbocycles. The lowest BCUT2D eigenvalue weighted by Crippen LogP contribution is -2.04. The molecule has 4 nitrogen and oxygen atoms in total. The zero-order valence-electron chi connectivity index (χ0n) is 10.9. The first kappa shape index (κ1) is 13.2. The van der Waals surface area contributed by atoms with Gasteiger partial charge in [-0.1, -0.05) is 12.1 Å². The summed E-state index contributed by atoms with van der Waals surface area (Å²) in [5.74, 6) is 2.28. The highest BCUT2D eigenvalue weighted by Crippen LogP contribution is 2.33. The first-order valence-corrected chi connectivity index (χ1v) is 7.33. The van der Waals surface area contributed by atoms with Gasteiger partial charge in [0.15, 0.2) is 0 Å². The van der Waals surface area contributed by atoms with Gasteiger partial charge in [-0.2, -0.15) is 4.98 Å². The van der Waals surface area contributed by atoms with E-state index in [0.29, 0.717) is 35.7 Å². The van der Waals surface area contributed by atoms with Crippen LogP contribution in [0.5, 0.6) is 17.5 Å². The predicted molar refractivity (Wildman–Crippen MR) is 81.1 cm³/mol. The quantitative estimate of drug-likeness (QED) is 0.897. The first-order valence-electron chi connectivity index (χ1n) is 6.54. The lowest BCUT2D eigenvalue weighted by molar-refractivity contribution is 0.286. The van der Waals surface area contributed by atoms with E-state index in [1.54, 1.807) is 12.1 Å². The van der Waals surface area contributed by atoms with Gasteiger partial charge in [0.2, 0.25) is 11.8 Å². The number of nitrogen functional groups attached to an aromatic ring is 1. The summed E-state index contributed by atoms with van der Waals surface area (Å²) in [4.78, 5) is 4.32. The van der Waals surface area contributed by atoms with Crippen LogP contribution in [0.4, 0.5) is 5.69 Å². The summed E-state index contributed by atoms with van der Waals surface area (Å²) in [6, 6.07) is 11.1. The second kappa shape index (κ2) is 5.71. The molecule has 5 heteroatoms. The van der Waals surface area contributed by atoms with Crippen molar-refractivity contribution < 1.29 is 9.47 Å². The fourth-order valence-electron chi connectivity index (χ4n) is 1.73. The minimum absolute atomic E-state index is 0.446. The van der Waals surface area contributed by atoms with Gasteiger partial charge in [-0.25, -0.2) is 0 Å². The molecule has 1 aromatic heterocycles. The van der Waals surface area contributed by atoms with Crippen LogP contribution in [0.3, 0.4) is 0 Å². The second-order valence-electron chi connectivity index (χ2n) is 4.83. The molecule has 0 saturated heterocycles. The zero-order chi connectivity index (χ0) is 13.9. The maximum absolute atomic E-state index is 5.87. The van der Waals surface area contributed by atoms with Crippen molar-refractivity contribution in [2.75, 3.05) is 12.3 Å². The minimum Gasteiger partial charge on any atom is -0.476 e. The van der Waals surface area contributed by atoms with E-state index in [4.69, 9.17) is 15.2 Å². The number of nitrogens with two attached hydrogens (primary N) is 1. The fourth-order valence-corrected chi connectivity index (χ4v) is 2.09. The van der Waals surface area contributed by atoms with Crippen LogP contribution in [0.1, 0.15) is 12.8 Å². The number of benzene rings is 1. The number of pyridine rings is 1. The van der Waals surface area contributed by atoms with E-state index in [-0.39, 0.29) is 0 Å². The number of para-hydroxylation sites is 1. The normalized spacial score (nSPS) is 14.1. The van der Waals surface area contributed by atoms with E-state index in [9.17, 15) is 0 Å². The molecule has 0 spiro atoms. The fraction of sp³-hybridized carbons (Fsp3) is 0.267. The summed E-state index contributed by atoms with van der Waals surface area (Å²) in [5.41, 5.74) is 6.40. The molecule has 0 bridgehead atoms. The number of aromatic nitrogens is 1. The Bertz CT molecular complexity index is 615. The number of hydrogen-bond acceptors (Lipinski definition) is 4. The van der Waals surface area contributed by atoms with Crippen molar-refractivity contribution in [3.63, 3.8) is 0 Å². The Morgan fingerprint density at radius 2 is 2.00 bits per heavy atom. The van der Waals surface area contributed by atoms with Crippen molar-refractivity contribution in [1.29, 1.82) is 0 Å². The largest absolute Gasteiger partial charge is 0.476 e. The Labute approximate surface area is 126 Å². The molecule has 1 aliphatic rings. The van der Waals surface area contributed by atoms with E-state index < -0.39 is 0 Å². The number of rotatable bonds is 5. The highest BCUT2D eigenvalue weighted by atomic mass is 79.9. The maximum Gasteiger partial charge on any atom is 0.240 e. The van der Waals surface area contributed by atoms with E-state index >= 15 is 0 Å². The molecule has 1 aromatic carbocycles. The molecule has 0 unspecified atom stereocenters. The van der Waals surface area contributed by atoms with Crippen molar-refractivity contribution in [3.8, 4) is 17.5 Å². The first-order chi connectivity index (χ1) is 9.72.